The van der Waals surface area contributed by atoms with Gasteiger partial charge in [-0.2, -0.15) is 4.98 Å². The van der Waals surface area contributed by atoms with Gasteiger partial charge in [-0.05, 0) is 24.3 Å². The van der Waals surface area contributed by atoms with Gasteiger partial charge >= 0.3 is 0 Å². The van der Waals surface area contributed by atoms with Crippen LogP contribution in [-0.4, -0.2) is 34.1 Å². The number of anilines is 1. The molecule has 0 bridgehead atoms. The zero-order valence-corrected chi connectivity index (χ0v) is 15.6. The number of nitrogens with one attached hydrogen (secondary N) is 2. The Balaban J connectivity index is 1.49. The minimum absolute atomic E-state index is 0.0245. The van der Waals surface area contributed by atoms with Crippen LogP contribution in [0.3, 0.4) is 0 Å². The maximum Gasteiger partial charge on any atom is 0.269 e. The van der Waals surface area contributed by atoms with E-state index in [1.54, 1.807) is 43.3 Å². The molecule has 0 unspecified atom stereocenters. The van der Waals surface area contributed by atoms with Gasteiger partial charge in [0.2, 0.25) is 11.7 Å². The van der Waals surface area contributed by atoms with Crippen molar-refractivity contribution >= 4 is 17.3 Å². The number of rotatable bonds is 9. The Morgan fingerprint density at radius 1 is 1.17 bits per heavy atom. The summed E-state index contributed by atoms with van der Waals surface area (Å²) < 4.78 is 10.5. The summed E-state index contributed by atoms with van der Waals surface area (Å²) >= 11 is 0. The van der Waals surface area contributed by atoms with Crippen LogP contribution in [0.5, 0.6) is 5.75 Å². The summed E-state index contributed by atoms with van der Waals surface area (Å²) in [4.78, 5) is 26.7. The Labute approximate surface area is 166 Å². The summed E-state index contributed by atoms with van der Waals surface area (Å²) in [6.45, 7) is 2.58. The van der Waals surface area contributed by atoms with Gasteiger partial charge in [0.25, 0.3) is 11.6 Å². The van der Waals surface area contributed by atoms with Crippen molar-refractivity contribution in [3.63, 3.8) is 0 Å². The number of nitro groups is 1. The molecule has 0 aliphatic heterocycles. The normalized spacial score (nSPS) is 10.4. The van der Waals surface area contributed by atoms with Crippen molar-refractivity contribution in [2.75, 3.05) is 18.4 Å². The number of amides is 1. The van der Waals surface area contributed by atoms with Crippen molar-refractivity contribution in [3.8, 4) is 5.75 Å². The average Bonchev–Trinajstić information content (AvgIpc) is 3.15. The largest absolute Gasteiger partial charge is 0.485 e. The van der Waals surface area contributed by atoms with Crippen LogP contribution in [0.25, 0.3) is 0 Å². The smallest absolute Gasteiger partial charge is 0.269 e. The number of hydrogen-bond donors (Lipinski definition) is 2. The molecule has 10 heteroatoms. The van der Waals surface area contributed by atoms with Crippen molar-refractivity contribution < 1.29 is 19.0 Å². The average molecular weight is 397 g/mol. The number of nitrogens with zero attached hydrogens (tertiary/aromatic N) is 3. The van der Waals surface area contributed by atoms with Crippen molar-refractivity contribution in [2.45, 2.75) is 13.5 Å². The lowest BCUT2D eigenvalue weighted by molar-refractivity contribution is -0.384. The van der Waals surface area contributed by atoms with Crippen LogP contribution in [-0.2, 0) is 6.61 Å². The molecule has 29 heavy (non-hydrogen) atoms. The molecule has 0 radical (unpaired) electrons. The highest BCUT2D eigenvalue weighted by Gasteiger charge is 2.13. The molecule has 3 aromatic rings. The van der Waals surface area contributed by atoms with Gasteiger partial charge in [-0.15, -0.1) is 0 Å². The lowest BCUT2D eigenvalue weighted by Gasteiger charge is -2.11. The van der Waals surface area contributed by atoms with E-state index >= 15 is 0 Å². The number of aromatic nitrogens is 2. The molecule has 0 saturated heterocycles. The molecule has 10 nitrogen and oxygen atoms in total. The van der Waals surface area contributed by atoms with Crippen molar-refractivity contribution in [2.24, 2.45) is 0 Å². The fourth-order valence-corrected chi connectivity index (χ4v) is 2.50. The summed E-state index contributed by atoms with van der Waals surface area (Å²) in [6, 6.07) is 12.9. The van der Waals surface area contributed by atoms with E-state index in [-0.39, 0.29) is 18.2 Å². The number of ether oxygens (including phenoxy) is 1. The first kappa shape index (κ1) is 19.8. The van der Waals surface area contributed by atoms with Gasteiger partial charge in [0, 0.05) is 37.8 Å². The third-order valence-electron chi connectivity index (χ3n) is 3.88. The van der Waals surface area contributed by atoms with Crippen LogP contribution in [0.4, 0.5) is 11.4 Å². The second-order valence-corrected chi connectivity index (χ2v) is 6.00. The monoisotopic (exact) mass is 397 g/mol. The summed E-state index contributed by atoms with van der Waals surface area (Å²) in [5, 5.41) is 20.3. The number of nitro benzene ring substituents is 1. The Kier molecular flexibility index (Phi) is 6.36. The van der Waals surface area contributed by atoms with E-state index in [9.17, 15) is 14.9 Å². The minimum Gasteiger partial charge on any atom is -0.485 e. The topological polar surface area (TPSA) is 132 Å². The second kappa shape index (κ2) is 9.31. The Bertz CT molecular complexity index is 987. The summed E-state index contributed by atoms with van der Waals surface area (Å²) in [7, 11) is 0. The summed E-state index contributed by atoms with van der Waals surface area (Å²) in [5.74, 6) is 0.964. The first-order chi connectivity index (χ1) is 14.0. The molecule has 150 valence electrons. The predicted molar refractivity (Wildman–Crippen MR) is 104 cm³/mol. The number of hydrogen-bond acceptors (Lipinski definition) is 8. The molecule has 1 aromatic heterocycles. The number of carbonyl (C=O) groups is 1. The molecule has 1 amide bonds. The Hall–Kier alpha value is -3.95. The van der Waals surface area contributed by atoms with E-state index in [2.05, 4.69) is 20.8 Å². The first-order valence-corrected chi connectivity index (χ1v) is 8.80. The number of carbonyl (C=O) groups excluding carboxylic acids is 1. The Morgan fingerprint density at radius 3 is 2.62 bits per heavy atom. The molecule has 0 aliphatic rings. The maximum atomic E-state index is 12.5. The predicted octanol–water partition coefficient (Wildman–Crippen LogP) is 2.71. The standard InChI is InChI=1S/C19H19N5O5/c1-13-22-18(23-29-13)12-28-17-5-3-2-4-16(17)19(25)21-11-10-20-14-6-8-15(9-7-14)24(26)27/h2-9,20H,10-12H2,1H3,(H,21,25). The molecule has 2 N–H and O–H groups in total. The summed E-state index contributed by atoms with van der Waals surface area (Å²) in [6.07, 6.45) is 0. The van der Waals surface area contributed by atoms with Gasteiger partial charge < -0.3 is 19.9 Å². The van der Waals surface area contributed by atoms with Crippen LogP contribution in [0, 0.1) is 17.0 Å². The van der Waals surface area contributed by atoms with Gasteiger partial charge in [0.1, 0.15) is 5.75 Å². The number of aryl methyl sites for hydroxylation is 1. The molecular formula is C19H19N5O5. The van der Waals surface area contributed by atoms with E-state index in [4.69, 9.17) is 9.26 Å². The van der Waals surface area contributed by atoms with Crippen molar-refractivity contribution in [3.05, 3.63) is 75.9 Å². The molecule has 0 atom stereocenters. The maximum absolute atomic E-state index is 12.5. The van der Waals surface area contributed by atoms with E-state index in [1.165, 1.54) is 12.1 Å². The van der Waals surface area contributed by atoms with Crippen LogP contribution < -0.4 is 15.4 Å². The van der Waals surface area contributed by atoms with Crippen LogP contribution >= 0.6 is 0 Å². The van der Waals surface area contributed by atoms with Gasteiger partial charge in [-0.3, -0.25) is 14.9 Å². The lowest BCUT2D eigenvalue weighted by Crippen LogP contribution is -2.29. The quantitative estimate of drug-likeness (QED) is 0.320. The highest BCUT2D eigenvalue weighted by molar-refractivity contribution is 5.96. The number of para-hydroxylation sites is 1. The molecule has 0 spiro atoms. The van der Waals surface area contributed by atoms with Gasteiger partial charge in [-0.25, -0.2) is 0 Å². The van der Waals surface area contributed by atoms with E-state index in [1.807, 2.05) is 0 Å². The van der Waals surface area contributed by atoms with E-state index < -0.39 is 4.92 Å². The van der Waals surface area contributed by atoms with Crippen molar-refractivity contribution in [1.82, 2.24) is 15.5 Å². The molecule has 0 aliphatic carbocycles. The fraction of sp³-hybridized carbons (Fsp3) is 0.211. The van der Waals surface area contributed by atoms with Gasteiger partial charge in [0.15, 0.2) is 6.61 Å². The minimum atomic E-state index is -0.455. The zero-order valence-electron chi connectivity index (χ0n) is 15.6. The van der Waals surface area contributed by atoms with Crippen LogP contribution in [0.1, 0.15) is 22.1 Å². The number of non-ortho nitro benzene ring substituents is 1. The fourth-order valence-electron chi connectivity index (χ4n) is 2.50. The van der Waals surface area contributed by atoms with E-state index in [0.717, 1.165) is 5.69 Å². The van der Waals surface area contributed by atoms with E-state index in [0.29, 0.717) is 36.1 Å². The molecule has 1 heterocycles. The molecule has 3 rings (SSSR count). The molecular weight excluding hydrogens is 378 g/mol. The van der Waals surface area contributed by atoms with Gasteiger partial charge in [0.05, 0.1) is 10.5 Å². The zero-order chi connectivity index (χ0) is 20.6. The lowest BCUT2D eigenvalue weighted by atomic mass is 10.2. The van der Waals surface area contributed by atoms with Crippen LogP contribution in [0.2, 0.25) is 0 Å². The molecule has 0 fully saturated rings. The summed E-state index contributed by atoms with van der Waals surface area (Å²) in [5.41, 5.74) is 1.14. The van der Waals surface area contributed by atoms with Crippen molar-refractivity contribution in [1.29, 1.82) is 0 Å². The SMILES string of the molecule is Cc1nc(COc2ccccc2C(=O)NCCNc2ccc([N+](=O)[O-])cc2)no1. The highest BCUT2D eigenvalue weighted by atomic mass is 16.6. The third kappa shape index (κ3) is 5.51. The Morgan fingerprint density at radius 2 is 1.93 bits per heavy atom. The second-order valence-electron chi connectivity index (χ2n) is 6.00. The van der Waals surface area contributed by atoms with Gasteiger partial charge in [-0.1, -0.05) is 17.3 Å². The molecule has 0 saturated carbocycles. The highest BCUT2D eigenvalue weighted by Crippen LogP contribution is 2.19. The number of benzene rings is 2. The third-order valence-corrected chi connectivity index (χ3v) is 3.88. The van der Waals surface area contributed by atoms with Crippen LogP contribution in [0.15, 0.2) is 53.1 Å². The first-order valence-electron chi connectivity index (χ1n) is 8.80. The molecule has 2 aromatic carbocycles.